The van der Waals surface area contributed by atoms with Gasteiger partial charge in [0, 0.05) is 20.8 Å². The minimum absolute atomic E-state index is 0.0142. The summed E-state index contributed by atoms with van der Waals surface area (Å²) in [5, 5.41) is 0. The molecule has 2 saturated carbocycles. The maximum absolute atomic E-state index is 14.3. The van der Waals surface area contributed by atoms with E-state index in [9.17, 15) is 28.8 Å². The molecule has 0 aromatic heterocycles. The van der Waals surface area contributed by atoms with Crippen molar-refractivity contribution in [3.63, 3.8) is 0 Å². The predicted octanol–water partition coefficient (Wildman–Crippen LogP) is 5.29. The molecular weight excluding hydrogens is 712 g/mol. The Morgan fingerprint density at radius 2 is 1.05 bits per heavy atom. The summed E-state index contributed by atoms with van der Waals surface area (Å²) in [6.45, 7) is 8.05. The minimum Gasteiger partial charge on any atom is -0.461 e. The van der Waals surface area contributed by atoms with Crippen molar-refractivity contribution in [2.45, 2.75) is 89.7 Å². The third kappa shape index (κ3) is 7.08. The molecule has 2 aliphatic carbocycles. The number of ether oxygens (including phenoxy) is 7. The molecule has 1 aliphatic heterocycles. The Labute approximate surface area is 318 Å². The van der Waals surface area contributed by atoms with Crippen LogP contribution in [0.25, 0.3) is 0 Å². The van der Waals surface area contributed by atoms with Gasteiger partial charge in [-0.1, -0.05) is 61.5 Å². The number of fused-ring (bicyclic) bond motifs is 1. The Bertz CT molecular complexity index is 1930. The fourth-order valence-electron chi connectivity index (χ4n) is 9.00. The molecule has 0 amide bonds. The zero-order valence-electron chi connectivity index (χ0n) is 31.4. The van der Waals surface area contributed by atoms with E-state index in [4.69, 9.17) is 33.2 Å². The number of carbonyl (C=O) groups excluding carboxylic acids is 6. The highest BCUT2D eigenvalue weighted by atomic mass is 16.6. The van der Waals surface area contributed by atoms with Gasteiger partial charge < -0.3 is 33.2 Å². The Morgan fingerprint density at radius 3 is 1.55 bits per heavy atom. The molecule has 3 fully saturated rings. The summed E-state index contributed by atoms with van der Waals surface area (Å²) in [6, 6.07) is 24.2. The molecule has 290 valence electrons. The molecule has 1 spiro atoms. The minimum atomic E-state index is -2.09. The Morgan fingerprint density at radius 1 is 0.600 bits per heavy atom. The highest BCUT2D eigenvalue weighted by molar-refractivity contribution is 5.91. The second kappa shape index (κ2) is 15.3. The summed E-state index contributed by atoms with van der Waals surface area (Å²) in [4.78, 5) is 81.4. The molecule has 55 heavy (non-hydrogen) atoms. The third-order valence-electron chi connectivity index (χ3n) is 10.9. The van der Waals surface area contributed by atoms with Crippen LogP contribution in [0.2, 0.25) is 0 Å². The number of hydrogen-bond acceptors (Lipinski definition) is 13. The zero-order chi connectivity index (χ0) is 39.7. The van der Waals surface area contributed by atoms with Crippen molar-refractivity contribution in [1.29, 1.82) is 0 Å². The van der Waals surface area contributed by atoms with Gasteiger partial charge in [-0.05, 0) is 62.6 Å². The van der Waals surface area contributed by atoms with Crippen LogP contribution in [0, 0.1) is 17.3 Å². The van der Waals surface area contributed by atoms with E-state index in [1.165, 1.54) is 38.1 Å². The number of benzene rings is 3. The van der Waals surface area contributed by atoms with Crippen LogP contribution in [-0.2, 0) is 47.5 Å². The van der Waals surface area contributed by atoms with Gasteiger partial charge in [0.25, 0.3) is 0 Å². The Kier molecular flexibility index (Phi) is 10.9. The van der Waals surface area contributed by atoms with Crippen LogP contribution in [0.4, 0.5) is 0 Å². The van der Waals surface area contributed by atoms with Crippen molar-refractivity contribution in [1.82, 2.24) is 0 Å². The second-order valence-corrected chi connectivity index (χ2v) is 14.8. The van der Waals surface area contributed by atoms with Gasteiger partial charge in [0.15, 0.2) is 12.2 Å². The first-order valence-corrected chi connectivity index (χ1v) is 18.1. The van der Waals surface area contributed by atoms with Gasteiger partial charge in [-0.3, -0.25) is 14.4 Å². The molecule has 3 aromatic carbocycles. The van der Waals surface area contributed by atoms with Crippen LogP contribution in [0.15, 0.2) is 91.0 Å². The molecule has 0 radical (unpaired) electrons. The SMILES string of the molecule is CC(=O)O[C@H]1C[C@H](C)[C@]23OC(C)(C)[C@@H]([C@H](OC(=O)c4ccccc4)[C@H](OC(=O)c4ccccc4)[C@]2(COC(=O)c2ccccc2)[C@@H]1OC(C)=O)[C@H]3OC(C)=O. The number of hydrogen-bond donors (Lipinski definition) is 0. The lowest BCUT2D eigenvalue weighted by Gasteiger charge is -2.64. The van der Waals surface area contributed by atoms with E-state index >= 15 is 0 Å². The van der Waals surface area contributed by atoms with Gasteiger partial charge in [-0.15, -0.1) is 0 Å². The van der Waals surface area contributed by atoms with Gasteiger partial charge in [-0.2, -0.15) is 0 Å². The van der Waals surface area contributed by atoms with Gasteiger partial charge in [0.2, 0.25) is 0 Å². The molecule has 3 aliphatic rings. The van der Waals surface area contributed by atoms with Crippen LogP contribution in [0.5, 0.6) is 0 Å². The van der Waals surface area contributed by atoms with Gasteiger partial charge in [0.05, 0.1) is 28.2 Å². The average Bonchev–Trinajstić information content (AvgIpc) is 3.34. The van der Waals surface area contributed by atoms with Crippen molar-refractivity contribution < 1.29 is 61.9 Å². The first kappa shape index (κ1) is 39.1. The van der Waals surface area contributed by atoms with E-state index in [2.05, 4.69) is 0 Å². The molecule has 0 unspecified atom stereocenters. The van der Waals surface area contributed by atoms with Gasteiger partial charge >= 0.3 is 35.8 Å². The molecule has 2 bridgehead atoms. The van der Waals surface area contributed by atoms with Crippen LogP contribution in [0.3, 0.4) is 0 Å². The van der Waals surface area contributed by atoms with Crippen LogP contribution >= 0.6 is 0 Å². The van der Waals surface area contributed by atoms with Crippen molar-refractivity contribution in [2.24, 2.45) is 17.3 Å². The van der Waals surface area contributed by atoms with E-state index in [1.54, 1.807) is 87.5 Å². The molecule has 9 atom stereocenters. The first-order chi connectivity index (χ1) is 26.1. The second-order valence-electron chi connectivity index (χ2n) is 14.8. The maximum Gasteiger partial charge on any atom is 0.338 e. The maximum atomic E-state index is 14.3. The van der Waals surface area contributed by atoms with Crippen LogP contribution < -0.4 is 0 Å². The van der Waals surface area contributed by atoms with Crippen LogP contribution in [0.1, 0.15) is 79.0 Å². The van der Waals surface area contributed by atoms with Crippen molar-refractivity contribution in [3.05, 3.63) is 108 Å². The third-order valence-corrected chi connectivity index (χ3v) is 10.9. The lowest BCUT2D eigenvalue weighted by molar-refractivity contribution is -0.327. The summed E-state index contributed by atoms with van der Waals surface area (Å²) in [6.07, 6.45) is -7.25. The van der Waals surface area contributed by atoms with Crippen molar-refractivity contribution in [2.75, 3.05) is 6.61 Å². The molecule has 3 aromatic rings. The van der Waals surface area contributed by atoms with Crippen molar-refractivity contribution >= 4 is 35.8 Å². The summed E-state index contributed by atoms with van der Waals surface area (Å²) in [5.41, 5.74) is -4.74. The van der Waals surface area contributed by atoms with Crippen LogP contribution in [-0.4, -0.2) is 84.1 Å². The van der Waals surface area contributed by atoms with E-state index in [0.29, 0.717) is 0 Å². The first-order valence-electron chi connectivity index (χ1n) is 18.1. The summed E-state index contributed by atoms with van der Waals surface area (Å²) in [7, 11) is 0. The number of rotatable bonds is 10. The fourth-order valence-corrected chi connectivity index (χ4v) is 9.00. The summed E-state index contributed by atoms with van der Waals surface area (Å²) < 4.78 is 44.4. The average molecular weight is 757 g/mol. The normalized spacial score (nSPS) is 30.1. The zero-order valence-corrected chi connectivity index (χ0v) is 31.4. The fraction of sp³-hybridized carbons (Fsp3) is 0.429. The predicted molar refractivity (Wildman–Crippen MR) is 192 cm³/mol. The molecule has 13 heteroatoms. The van der Waals surface area contributed by atoms with Crippen molar-refractivity contribution in [3.8, 4) is 0 Å². The highest BCUT2D eigenvalue weighted by Gasteiger charge is 2.86. The monoisotopic (exact) mass is 756 g/mol. The van der Waals surface area contributed by atoms with E-state index in [0.717, 1.165) is 6.92 Å². The largest absolute Gasteiger partial charge is 0.461 e. The molecule has 0 N–H and O–H groups in total. The number of esters is 6. The summed E-state index contributed by atoms with van der Waals surface area (Å²) in [5.74, 6) is -6.48. The molecule has 1 heterocycles. The molecular formula is C42H44O13. The molecule has 1 saturated heterocycles. The van der Waals surface area contributed by atoms with Gasteiger partial charge in [-0.25, -0.2) is 14.4 Å². The molecule has 13 nitrogen and oxygen atoms in total. The topological polar surface area (TPSA) is 167 Å². The quantitative estimate of drug-likeness (QED) is 0.194. The lowest BCUT2D eigenvalue weighted by atomic mass is 9.47. The smallest absolute Gasteiger partial charge is 0.338 e. The van der Waals surface area contributed by atoms with Gasteiger partial charge in [0.1, 0.15) is 35.9 Å². The molecule has 6 rings (SSSR count). The van der Waals surface area contributed by atoms with E-state index < -0.39 is 101 Å². The standard InChI is InChI=1S/C42H44O13/c1-24-22-31(50-25(2)43)34(51-26(3)44)41(23-49-37(46)28-16-10-7-11-17-28)36(54-39(48)30-20-14-9-15-21-30)33(53-38(47)29-18-12-8-13-19-29)32-35(52-27(4)45)42(24,41)55-40(32,5)6/h7-21,24,31-36H,22-23H2,1-6H3/t24-,31-,32-,33-,34+,35+,36-,41-,42+/m0/s1. The highest BCUT2D eigenvalue weighted by Crippen LogP contribution is 2.68. The van der Waals surface area contributed by atoms with E-state index in [-0.39, 0.29) is 23.1 Å². The number of carbonyl (C=O) groups is 6. The Hall–Kier alpha value is -5.56. The Balaban J connectivity index is 1.67. The lowest BCUT2D eigenvalue weighted by Crippen LogP contribution is -2.81. The summed E-state index contributed by atoms with van der Waals surface area (Å²) >= 11 is 0. The van der Waals surface area contributed by atoms with E-state index in [1.807, 2.05) is 0 Å².